The highest BCUT2D eigenvalue weighted by molar-refractivity contribution is 5.69. The number of carbonyl (C=O) groups is 1. The number of esters is 1. The Morgan fingerprint density at radius 3 is 2.60 bits per heavy atom. The van der Waals surface area contributed by atoms with Gasteiger partial charge in [-0.25, -0.2) is 0 Å². The molecule has 2 heteroatoms. The molecule has 0 atom stereocenters. The highest BCUT2D eigenvalue weighted by Crippen LogP contribution is 2.06. The van der Waals surface area contributed by atoms with Crippen molar-refractivity contribution in [3.05, 3.63) is 7.11 Å². The predicted molar refractivity (Wildman–Crippen MR) is 39.1 cm³/mol. The summed E-state index contributed by atoms with van der Waals surface area (Å²) in [4.78, 5) is 10.4. The minimum Gasteiger partial charge on any atom is -0.454 e. The largest absolute Gasteiger partial charge is 0.454 e. The van der Waals surface area contributed by atoms with Crippen LogP contribution in [-0.4, -0.2) is 5.97 Å². The zero-order chi connectivity index (χ0) is 7.98. The molecule has 0 aliphatic rings. The lowest BCUT2D eigenvalue weighted by molar-refractivity contribution is -0.138. The van der Waals surface area contributed by atoms with Gasteiger partial charge in [-0.05, 0) is 12.3 Å². The maximum absolute atomic E-state index is 10.4. The first-order valence-corrected chi connectivity index (χ1v) is 3.56. The molecule has 0 aromatic rings. The van der Waals surface area contributed by atoms with Gasteiger partial charge in [-0.1, -0.05) is 20.3 Å². The molecule has 58 valence electrons. The molecule has 10 heavy (non-hydrogen) atoms. The Balaban J connectivity index is 3.12. The quantitative estimate of drug-likeness (QED) is 0.561. The standard InChI is InChI=1S/C8H14O2/c1-7(2)5-4-6-8(9)10-3/h3,7H,4-6H2,1-2H3. The van der Waals surface area contributed by atoms with Gasteiger partial charge in [-0.2, -0.15) is 0 Å². The number of hydrogen-bond donors (Lipinski definition) is 0. The van der Waals surface area contributed by atoms with E-state index in [4.69, 9.17) is 0 Å². The van der Waals surface area contributed by atoms with E-state index in [1.54, 1.807) is 0 Å². The molecule has 0 amide bonds. The van der Waals surface area contributed by atoms with Gasteiger partial charge in [-0.3, -0.25) is 4.79 Å². The van der Waals surface area contributed by atoms with E-state index in [2.05, 4.69) is 25.7 Å². The molecule has 0 bridgehead atoms. The molecule has 0 N–H and O–H groups in total. The zero-order valence-corrected chi connectivity index (χ0v) is 6.59. The molecule has 0 rings (SSSR count). The van der Waals surface area contributed by atoms with Gasteiger partial charge in [0.25, 0.3) is 0 Å². The summed E-state index contributed by atoms with van der Waals surface area (Å²) in [6.45, 7) is 4.24. The van der Waals surface area contributed by atoms with Gasteiger partial charge in [0.15, 0.2) is 7.11 Å². The summed E-state index contributed by atoms with van der Waals surface area (Å²) < 4.78 is 3.99. The van der Waals surface area contributed by atoms with E-state index in [1.807, 2.05) is 0 Å². The van der Waals surface area contributed by atoms with Gasteiger partial charge in [0.05, 0.1) is 0 Å². The molecule has 0 aromatic heterocycles. The summed E-state index contributed by atoms with van der Waals surface area (Å²) in [5.41, 5.74) is 0. The Labute approximate surface area is 62.6 Å². The first-order chi connectivity index (χ1) is 4.66. The van der Waals surface area contributed by atoms with Crippen LogP contribution in [0.5, 0.6) is 0 Å². The Morgan fingerprint density at radius 1 is 1.60 bits per heavy atom. The highest BCUT2D eigenvalue weighted by atomic mass is 16.5. The molecular weight excluding hydrogens is 128 g/mol. The molecule has 0 aliphatic heterocycles. The Bertz CT molecular complexity index is 97.4. The monoisotopic (exact) mass is 142 g/mol. The van der Waals surface area contributed by atoms with Gasteiger partial charge >= 0.3 is 5.97 Å². The normalized spacial score (nSPS) is 10.0. The fourth-order valence-electron chi connectivity index (χ4n) is 0.714. The van der Waals surface area contributed by atoms with Crippen molar-refractivity contribution in [3.63, 3.8) is 0 Å². The third-order valence-electron chi connectivity index (χ3n) is 1.29. The molecule has 0 aliphatic carbocycles. The first kappa shape index (κ1) is 9.47. The van der Waals surface area contributed by atoms with Crippen LogP contribution >= 0.6 is 0 Å². The zero-order valence-electron chi connectivity index (χ0n) is 6.59. The van der Waals surface area contributed by atoms with Crippen LogP contribution in [-0.2, 0) is 9.53 Å². The van der Waals surface area contributed by atoms with Crippen molar-refractivity contribution in [1.82, 2.24) is 0 Å². The summed E-state index contributed by atoms with van der Waals surface area (Å²) in [5, 5.41) is 0. The fraction of sp³-hybridized carbons (Fsp3) is 0.750. The van der Waals surface area contributed by atoms with E-state index in [0.717, 1.165) is 12.8 Å². The summed E-state index contributed by atoms with van der Waals surface area (Å²) in [5.74, 6) is 0.325. The number of ether oxygens (including phenoxy) is 1. The molecule has 2 radical (unpaired) electrons. The highest BCUT2D eigenvalue weighted by Gasteiger charge is 2.00. The smallest absolute Gasteiger partial charge is 0.306 e. The van der Waals surface area contributed by atoms with Crippen molar-refractivity contribution in [3.8, 4) is 0 Å². The minimum atomic E-state index is -0.319. The SMILES string of the molecule is [CH]OC(=O)CCCC(C)C. The van der Waals surface area contributed by atoms with Crippen molar-refractivity contribution >= 4 is 5.97 Å². The Hall–Kier alpha value is -0.530. The van der Waals surface area contributed by atoms with Crippen molar-refractivity contribution in [2.75, 3.05) is 0 Å². The summed E-state index contributed by atoms with van der Waals surface area (Å²) in [6.07, 6.45) is 2.36. The van der Waals surface area contributed by atoms with Crippen LogP contribution in [0.25, 0.3) is 0 Å². The second-order valence-corrected chi connectivity index (χ2v) is 2.78. The summed E-state index contributed by atoms with van der Waals surface area (Å²) in [6, 6.07) is 0. The van der Waals surface area contributed by atoms with Crippen LogP contribution in [0, 0.1) is 13.0 Å². The van der Waals surface area contributed by atoms with E-state index in [0.29, 0.717) is 12.3 Å². The second kappa shape index (κ2) is 5.27. The average molecular weight is 142 g/mol. The van der Waals surface area contributed by atoms with Gasteiger partial charge < -0.3 is 4.74 Å². The van der Waals surface area contributed by atoms with E-state index in [-0.39, 0.29) is 5.97 Å². The third-order valence-corrected chi connectivity index (χ3v) is 1.29. The van der Waals surface area contributed by atoms with E-state index in [9.17, 15) is 4.79 Å². The van der Waals surface area contributed by atoms with Crippen LogP contribution < -0.4 is 0 Å². The minimum absolute atomic E-state index is 0.319. The molecule has 0 unspecified atom stereocenters. The molecule has 0 fully saturated rings. The van der Waals surface area contributed by atoms with Crippen molar-refractivity contribution in [1.29, 1.82) is 0 Å². The van der Waals surface area contributed by atoms with Gasteiger partial charge in [0.1, 0.15) is 0 Å². The molecule has 0 spiro atoms. The molecule has 0 aromatic carbocycles. The lowest BCUT2D eigenvalue weighted by atomic mass is 10.1. The van der Waals surface area contributed by atoms with Crippen molar-refractivity contribution in [2.24, 2.45) is 5.92 Å². The molecule has 0 heterocycles. The maximum atomic E-state index is 10.4. The van der Waals surface area contributed by atoms with Crippen molar-refractivity contribution in [2.45, 2.75) is 33.1 Å². The van der Waals surface area contributed by atoms with Crippen LogP contribution in [0.1, 0.15) is 33.1 Å². The van der Waals surface area contributed by atoms with E-state index < -0.39 is 0 Å². The number of carbonyl (C=O) groups excluding carboxylic acids is 1. The van der Waals surface area contributed by atoms with Crippen LogP contribution in [0.15, 0.2) is 0 Å². The Morgan fingerprint density at radius 2 is 2.20 bits per heavy atom. The number of rotatable bonds is 4. The summed E-state index contributed by atoms with van der Waals surface area (Å²) >= 11 is 0. The number of hydrogen-bond acceptors (Lipinski definition) is 2. The average Bonchev–Trinajstić information content (AvgIpc) is 1.87. The predicted octanol–water partition coefficient (Wildman–Crippen LogP) is 2.02. The van der Waals surface area contributed by atoms with Gasteiger partial charge in [0.2, 0.25) is 0 Å². The van der Waals surface area contributed by atoms with Gasteiger partial charge in [-0.15, -0.1) is 0 Å². The van der Waals surface area contributed by atoms with E-state index in [1.165, 1.54) is 0 Å². The fourth-order valence-corrected chi connectivity index (χ4v) is 0.714. The maximum Gasteiger partial charge on any atom is 0.306 e. The molecule has 2 nitrogen and oxygen atoms in total. The lowest BCUT2D eigenvalue weighted by Crippen LogP contribution is -1.99. The third kappa shape index (κ3) is 5.60. The lowest BCUT2D eigenvalue weighted by Gasteiger charge is -2.01. The van der Waals surface area contributed by atoms with Crippen LogP contribution in [0.4, 0.5) is 0 Å². The second-order valence-electron chi connectivity index (χ2n) is 2.78. The van der Waals surface area contributed by atoms with Crippen molar-refractivity contribution < 1.29 is 9.53 Å². The van der Waals surface area contributed by atoms with Crippen LogP contribution in [0.3, 0.4) is 0 Å². The summed E-state index contributed by atoms with van der Waals surface area (Å²) in [7, 11) is 4.64. The molecular formula is C8H14O2. The molecule has 0 saturated carbocycles. The molecule has 0 saturated heterocycles. The van der Waals surface area contributed by atoms with Crippen LogP contribution in [0.2, 0.25) is 0 Å². The Kier molecular flexibility index (Phi) is 4.99. The first-order valence-electron chi connectivity index (χ1n) is 3.56. The topological polar surface area (TPSA) is 26.3 Å². The van der Waals surface area contributed by atoms with E-state index >= 15 is 0 Å². The van der Waals surface area contributed by atoms with Gasteiger partial charge in [0, 0.05) is 6.42 Å².